The van der Waals surface area contributed by atoms with E-state index in [0.29, 0.717) is 11.4 Å². The second kappa shape index (κ2) is 5.57. The van der Waals surface area contributed by atoms with Crippen molar-refractivity contribution in [1.82, 2.24) is 5.32 Å². The summed E-state index contributed by atoms with van der Waals surface area (Å²) in [5.41, 5.74) is 0.620. The third-order valence-corrected chi connectivity index (χ3v) is 2.90. The maximum absolute atomic E-state index is 12.2. The number of rotatable bonds is 2. The standard InChI is InChI=1S/C12H13N3O6/c1-15-8-4-6(13-11(17)18)2-3-9(8)21-5-7(10(15)16)14-12(19)20/h2-4,7,13-14H,5H2,1H3,(H,17,18)(H,19,20). The lowest BCUT2D eigenvalue weighted by molar-refractivity contribution is -0.120. The van der Waals surface area contributed by atoms with Gasteiger partial charge in [-0.05, 0) is 18.2 Å². The zero-order valence-corrected chi connectivity index (χ0v) is 11.0. The van der Waals surface area contributed by atoms with Gasteiger partial charge < -0.3 is 25.2 Å². The van der Waals surface area contributed by atoms with E-state index < -0.39 is 24.1 Å². The van der Waals surface area contributed by atoms with E-state index in [2.05, 4.69) is 10.6 Å². The number of carbonyl (C=O) groups excluding carboxylic acids is 1. The number of amides is 3. The molecule has 0 spiro atoms. The summed E-state index contributed by atoms with van der Waals surface area (Å²) >= 11 is 0. The SMILES string of the molecule is CN1C(=O)C(NC(=O)O)COc2ccc(NC(=O)O)cc21. The minimum atomic E-state index is -1.33. The van der Waals surface area contributed by atoms with E-state index in [1.165, 1.54) is 30.1 Å². The van der Waals surface area contributed by atoms with Crippen molar-refractivity contribution in [3.05, 3.63) is 18.2 Å². The van der Waals surface area contributed by atoms with Crippen molar-refractivity contribution in [1.29, 1.82) is 0 Å². The first-order valence-electron chi connectivity index (χ1n) is 5.92. The summed E-state index contributed by atoms with van der Waals surface area (Å²) in [4.78, 5) is 34.7. The molecule has 0 radical (unpaired) electrons. The number of carboxylic acid groups (broad SMARTS) is 2. The monoisotopic (exact) mass is 295 g/mol. The minimum Gasteiger partial charge on any atom is -0.489 e. The lowest BCUT2D eigenvalue weighted by Crippen LogP contribution is -2.48. The van der Waals surface area contributed by atoms with Gasteiger partial charge in [-0.3, -0.25) is 10.1 Å². The van der Waals surface area contributed by atoms with Gasteiger partial charge in [0.25, 0.3) is 5.91 Å². The van der Waals surface area contributed by atoms with Crippen molar-refractivity contribution in [2.24, 2.45) is 0 Å². The Hall–Kier alpha value is -2.97. The summed E-state index contributed by atoms with van der Waals surface area (Å²) in [6, 6.07) is 3.39. The van der Waals surface area contributed by atoms with Gasteiger partial charge in [0.15, 0.2) is 0 Å². The van der Waals surface area contributed by atoms with Gasteiger partial charge in [-0.15, -0.1) is 0 Å². The van der Waals surface area contributed by atoms with Crippen LogP contribution >= 0.6 is 0 Å². The molecule has 0 saturated heterocycles. The maximum Gasteiger partial charge on any atom is 0.409 e. The van der Waals surface area contributed by atoms with Crippen molar-refractivity contribution in [2.45, 2.75) is 6.04 Å². The van der Waals surface area contributed by atoms with Gasteiger partial charge in [0.1, 0.15) is 18.4 Å². The fraction of sp³-hybridized carbons (Fsp3) is 0.250. The van der Waals surface area contributed by atoms with Gasteiger partial charge in [-0.2, -0.15) is 0 Å². The first-order chi connectivity index (χ1) is 9.88. The van der Waals surface area contributed by atoms with E-state index in [9.17, 15) is 14.4 Å². The zero-order chi connectivity index (χ0) is 15.6. The topological polar surface area (TPSA) is 128 Å². The minimum absolute atomic E-state index is 0.145. The summed E-state index contributed by atoms with van der Waals surface area (Å²) in [5, 5.41) is 21.6. The number of likely N-dealkylation sites (N-methyl/N-ethyl adjacent to an activating group) is 1. The molecule has 1 aromatic rings. The molecule has 0 saturated carbocycles. The molecular weight excluding hydrogens is 282 g/mol. The molecule has 0 aromatic heterocycles. The largest absolute Gasteiger partial charge is 0.489 e. The van der Waals surface area contributed by atoms with Crippen LogP contribution in [-0.2, 0) is 4.79 Å². The Bertz CT molecular complexity index is 603. The van der Waals surface area contributed by atoms with Crippen LogP contribution in [0.3, 0.4) is 0 Å². The van der Waals surface area contributed by atoms with Gasteiger partial charge in [0, 0.05) is 12.7 Å². The molecule has 1 unspecified atom stereocenters. The van der Waals surface area contributed by atoms with Crippen molar-refractivity contribution < 1.29 is 29.3 Å². The van der Waals surface area contributed by atoms with Crippen LogP contribution in [0.1, 0.15) is 0 Å². The second-order valence-electron chi connectivity index (χ2n) is 4.32. The normalized spacial score (nSPS) is 17.3. The number of nitrogens with zero attached hydrogens (tertiary/aromatic N) is 1. The molecule has 0 fully saturated rings. The number of hydrogen-bond acceptors (Lipinski definition) is 4. The number of ether oxygens (including phenoxy) is 1. The first kappa shape index (κ1) is 14.4. The van der Waals surface area contributed by atoms with Crippen LogP contribution in [0.25, 0.3) is 0 Å². The molecule has 1 aliphatic heterocycles. The van der Waals surface area contributed by atoms with Gasteiger partial charge in [-0.25, -0.2) is 9.59 Å². The van der Waals surface area contributed by atoms with Crippen LogP contribution in [0.4, 0.5) is 21.0 Å². The Morgan fingerprint density at radius 3 is 2.67 bits per heavy atom. The molecule has 3 amide bonds. The molecule has 1 atom stereocenters. The molecule has 21 heavy (non-hydrogen) atoms. The molecule has 1 aliphatic rings. The molecule has 9 nitrogen and oxygen atoms in total. The number of benzene rings is 1. The van der Waals surface area contributed by atoms with Crippen LogP contribution in [0, 0.1) is 0 Å². The fourth-order valence-corrected chi connectivity index (χ4v) is 1.95. The highest BCUT2D eigenvalue weighted by molar-refractivity contribution is 6.00. The van der Waals surface area contributed by atoms with Crippen LogP contribution in [0.15, 0.2) is 18.2 Å². The average Bonchev–Trinajstić information content (AvgIpc) is 2.51. The highest BCUT2D eigenvalue weighted by atomic mass is 16.5. The van der Waals surface area contributed by atoms with E-state index in [-0.39, 0.29) is 12.3 Å². The van der Waals surface area contributed by atoms with Crippen molar-refractivity contribution in [3.8, 4) is 5.75 Å². The number of hydrogen-bond donors (Lipinski definition) is 4. The summed E-state index contributed by atoms with van der Waals surface area (Å²) in [6.45, 7) is -0.145. The van der Waals surface area contributed by atoms with E-state index in [1.54, 1.807) is 0 Å². The average molecular weight is 295 g/mol. The highest BCUT2D eigenvalue weighted by Gasteiger charge is 2.30. The number of nitrogens with one attached hydrogen (secondary N) is 2. The van der Waals surface area contributed by atoms with Crippen LogP contribution < -0.4 is 20.3 Å². The van der Waals surface area contributed by atoms with Crippen molar-refractivity contribution >= 4 is 29.5 Å². The molecule has 1 heterocycles. The van der Waals surface area contributed by atoms with E-state index in [1.807, 2.05) is 0 Å². The zero-order valence-electron chi connectivity index (χ0n) is 11.0. The molecule has 112 valence electrons. The smallest absolute Gasteiger partial charge is 0.409 e. The van der Waals surface area contributed by atoms with E-state index in [0.717, 1.165) is 0 Å². The Balaban J connectivity index is 2.31. The lowest BCUT2D eigenvalue weighted by Gasteiger charge is -2.19. The molecule has 4 N–H and O–H groups in total. The summed E-state index contributed by atoms with van der Waals surface area (Å²) < 4.78 is 5.40. The summed E-state index contributed by atoms with van der Waals surface area (Å²) in [6.07, 6.45) is -2.56. The predicted molar refractivity (Wildman–Crippen MR) is 71.9 cm³/mol. The lowest BCUT2D eigenvalue weighted by atomic mass is 10.2. The van der Waals surface area contributed by atoms with Crippen LogP contribution in [0.2, 0.25) is 0 Å². The number of anilines is 2. The second-order valence-corrected chi connectivity index (χ2v) is 4.32. The third kappa shape index (κ3) is 3.14. The Labute approximate surface area is 119 Å². The van der Waals surface area contributed by atoms with Crippen molar-refractivity contribution in [2.75, 3.05) is 23.9 Å². The Morgan fingerprint density at radius 1 is 1.33 bits per heavy atom. The molecular formula is C12H13N3O6. The van der Waals surface area contributed by atoms with Gasteiger partial charge in [-0.1, -0.05) is 0 Å². The highest BCUT2D eigenvalue weighted by Crippen LogP contribution is 2.33. The van der Waals surface area contributed by atoms with Crippen LogP contribution in [0.5, 0.6) is 5.75 Å². The Kier molecular flexibility index (Phi) is 3.83. The molecule has 0 aliphatic carbocycles. The maximum atomic E-state index is 12.2. The van der Waals surface area contributed by atoms with Gasteiger partial charge in [0.05, 0.1) is 5.69 Å². The van der Waals surface area contributed by atoms with Crippen LogP contribution in [-0.4, -0.2) is 48.0 Å². The molecule has 9 heteroatoms. The fourth-order valence-electron chi connectivity index (χ4n) is 1.95. The number of carbonyl (C=O) groups is 3. The molecule has 0 bridgehead atoms. The van der Waals surface area contributed by atoms with E-state index >= 15 is 0 Å². The molecule has 1 aromatic carbocycles. The Morgan fingerprint density at radius 2 is 2.05 bits per heavy atom. The number of fused-ring (bicyclic) bond motifs is 1. The van der Waals surface area contributed by atoms with Gasteiger partial charge in [0.2, 0.25) is 0 Å². The first-order valence-corrected chi connectivity index (χ1v) is 5.92. The predicted octanol–water partition coefficient (Wildman–Crippen LogP) is 0.768. The van der Waals surface area contributed by atoms with Gasteiger partial charge >= 0.3 is 12.2 Å². The van der Waals surface area contributed by atoms with E-state index in [4.69, 9.17) is 14.9 Å². The van der Waals surface area contributed by atoms with Crippen molar-refractivity contribution in [3.63, 3.8) is 0 Å². The molecule has 2 rings (SSSR count). The quantitative estimate of drug-likeness (QED) is 0.638. The summed E-state index contributed by atoms with van der Waals surface area (Å²) in [5.74, 6) is -0.139. The third-order valence-electron chi connectivity index (χ3n) is 2.90. The summed E-state index contributed by atoms with van der Waals surface area (Å²) in [7, 11) is 1.46.